The van der Waals surface area contributed by atoms with Gasteiger partial charge in [0.15, 0.2) is 0 Å². The first-order valence-electron chi connectivity index (χ1n) is 6.52. The van der Waals surface area contributed by atoms with E-state index < -0.39 is 6.10 Å². The van der Waals surface area contributed by atoms with Gasteiger partial charge in [-0.3, -0.25) is 0 Å². The van der Waals surface area contributed by atoms with Crippen molar-refractivity contribution in [2.75, 3.05) is 0 Å². The highest BCUT2D eigenvalue weighted by Crippen LogP contribution is 2.14. The fourth-order valence-corrected chi connectivity index (χ4v) is 2.47. The molecule has 1 atom stereocenters. The van der Waals surface area contributed by atoms with Crippen LogP contribution in [0.3, 0.4) is 0 Å². The highest BCUT2D eigenvalue weighted by molar-refractivity contribution is 5.29. The SMILES string of the molecule is Cc1cc(C)cc(CC(O)Cc2cccc(F)c2)c1. The fraction of sp³-hybridized carbons (Fsp3) is 0.294. The van der Waals surface area contributed by atoms with E-state index in [0.29, 0.717) is 12.8 Å². The molecule has 2 rings (SSSR count). The molecule has 0 bridgehead atoms. The van der Waals surface area contributed by atoms with Crippen molar-refractivity contribution in [3.8, 4) is 0 Å². The van der Waals surface area contributed by atoms with Crippen molar-refractivity contribution in [1.82, 2.24) is 0 Å². The second-order valence-corrected chi connectivity index (χ2v) is 5.19. The van der Waals surface area contributed by atoms with Crippen molar-refractivity contribution in [2.24, 2.45) is 0 Å². The number of aryl methyl sites for hydroxylation is 2. The molecule has 0 aliphatic heterocycles. The van der Waals surface area contributed by atoms with E-state index in [1.165, 1.54) is 23.3 Å². The maximum absolute atomic E-state index is 13.1. The van der Waals surface area contributed by atoms with E-state index in [2.05, 4.69) is 32.0 Å². The van der Waals surface area contributed by atoms with Gasteiger partial charge in [0.1, 0.15) is 5.82 Å². The van der Waals surface area contributed by atoms with E-state index in [4.69, 9.17) is 0 Å². The summed E-state index contributed by atoms with van der Waals surface area (Å²) < 4.78 is 13.1. The summed E-state index contributed by atoms with van der Waals surface area (Å²) in [5.74, 6) is -0.254. The monoisotopic (exact) mass is 258 g/mol. The van der Waals surface area contributed by atoms with Crippen LogP contribution in [0, 0.1) is 19.7 Å². The van der Waals surface area contributed by atoms with Crippen LogP contribution in [0.4, 0.5) is 4.39 Å². The van der Waals surface area contributed by atoms with Crippen LogP contribution in [-0.4, -0.2) is 11.2 Å². The number of halogens is 1. The smallest absolute Gasteiger partial charge is 0.123 e. The van der Waals surface area contributed by atoms with Crippen molar-refractivity contribution in [2.45, 2.75) is 32.8 Å². The Bertz CT molecular complexity index is 543. The molecular weight excluding hydrogens is 239 g/mol. The lowest BCUT2D eigenvalue weighted by Gasteiger charge is -2.12. The minimum Gasteiger partial charge on any atom is -0.392 e. The van der Waals surface area contributed by atoms with Crippen LogP contribution >= 0.6 is 0 Å². The summed E-state index contributed by atoms with van der Waals surface area (Å²) in [6.07, 6.45) is 0.590. The Hall–Kier alpha value is -1.67. The van der Waals surface area contributed by atoms with Crippen LogP contribution < -0.4 is 0 Å². The van der Waals surface area contributed by atoms with Crippen LogP contribution in [0.1, 0.15) is 22.3 Å². The largest absolute Gasteiger partial charge is 0.392 e. The Balaban J connectivity index is 2.03. The van der Waals surface area contributed by atoms with E-state index in [1.54, 1.807) is 6.07 Å². The van der Waals surface area contributed by atoms with Crippen molar-refractivity contribution in [3.63, 3.8) is 0 Å². The van der Waals surface area contributed by atoms with Crippen LogP contribution in [0.5, 0.6) is 0 Å². The topological polar surface area (TPSA) is 20.2 Å². The molecule has 2 aromatic rings. The molecule has 1 N–H and O–H groups in total. The summed E-state index contributed by atoms with van der Waals surface area (Å²) in [4.78, 5) is 0. The molecule has 0 spiro atoms. The van der Waals surface area contributed by atoms with E-state index in [1.807, 2.05) is 6.07 Å². The van der Waals surface area contributed by atoms with Gasteiger partial charge in [-0.15, -0.1) is 0 Å². The Morgan fingerprint density at radius 2 is 1.58 bits per heavy atom. The predicted molar refractivity (Wildman–Crippen MR) is 75.7 cm³/mol. The Labute approximate surface area is 113 Å². The third kappa shape index (κ3) is 4.18. The standard InChI is InChI=1S/C17H19FO/c1-12-6-13(2)8-15(7-12)11-17(19)10-14-4-3-5-16(18)9-14/h3-9,17,19H,10-11H2,1-2H3. The van der Waals surface area contributed by atoms with Gasteiger partial charge in [-0.05, 0) is 49.9 Å². The zero-order chi connectivity index (χ0) is 13.8. The number of hydrogen-bond donors (Lipinski definition) is 1. The Morgan fingerprint density at radius 1 is 0.947 bits per heavy atom. The van der Waals surface area contributed by atoms with E-state index in [0.717, 1.165) is 11.1 Å². The van der Waals surface area contributed by atoms with Crippen molar-refractivity contribution >= 4 is 0 Å². The normalized spacial score (nSPS) is 12.4. The van der Waals surface area contributed by atoms with Crippen molar-refractivity contribution in [1.29, 1.82) is 0 Å². The molecule has 0 saturated heterocycles. The lowest BCUT2D eigenvalue weighted by atomic mass is 9.98. The second kappa shape index (κ2) is 5.98. The minimum absolute atomic E-state index is 0.254. The maximum atomic E-state index is 13.1. The number of benzene rings is 2. The average molecular weight is 258 g/mol. The molecule has 0 saturated carbocycles. The third-order valence-corrected chi connectivity index (χ3v) is 3.11. The van der Waals surface area contributed by atoms with Crippen LogP contribution in [0.15, 0.2) is 42.5 Å². The van der Waals surface area contributed by atoms with Gasteiger partial charge in [0, 0.05) is 0 Å². The van der Waals surface area contributed by atoms with E-state index in [9.17, 15) is 9.50 Å². The summed E-state index contributed by atoms with van der Waals surface area (Å²) in [5, 5.41) is 10.1. The van der Waals surface area contributed by atoms with E-state index >= 15 is 0 Å². The molecule has 0 aliphatic carbocycles. The van der Waals surface area contributed by atoms with Gasteiger partial charge in [-0.1, -0.05) is 41.5 Å². The molecule has 0 fully saturated rings. The van der Waals surface area contributed by atoms with Gasteiger partial charge in [0.2, 0.25) is 0 Å². The van der Waals surface area contributed by atoms with E-state index in [-0.39, 0.29) is 5.82 Å². The molecule has 1 unspecified atom stereocenters. The van der Waals surface area contributed by atoms with Crippen molar-refractivity contribution < 1.29 is 9.50 Å². The molecule has 1 nitrogen and oxygen atoms in total. The van der Waals surface area contributed by atoms with Gasteiger partial charge in [-0.25, -0.2) is 4.39 Å². The second-order valence-electron chi connectivity index (χ2n) is 5.19. The van der Waals surface area contributed by atoms with Gasteiger partial charge < -0.3 is 5.11 Å². The molecule has 0 aliphatic rings. The Kier molecular flexibility index (Phi) is 4.33. The molecule has 0 radical (unpaired) electrons. The first kappa shape index (κ1) is 13.8. The molecule has 0 heterocycles. The molecule has 2 aromatic carbocycles. The van der Waals surface area contributed by atoms with Crippen LogP contribution in [-0.2, 0) is 12.8 Å². The molecule has 2 heteroatoms. The summed E-state index contributed by atoms with van der Waals surface area (Å²) in [6, 6.07) is 12.7. The van der Waals surface area contributed by atoms with Crippen molar-refractivity contribution in [3.05, 3.63) is 70.5 Å². The first-order chi connectivity index (χ1) is 9.02. The quantitative estimate of drug-likeness (QED) is 0.888. The van der Waals surface area contributed by atoms with Crippen LogP contribution in [0.25, 0.3) is 0 Å². The first-order valence-corrected chi connectivity index (χ1v) is 6.52. The van der Waals surface area contributed by atoms with Crippen LogP contribution in [0.2, 0.25) is 0 Å². The number of aliphatic hydroxyl groups excluding tert-OH is 1. The number of hydrogen-bond acceptors (Lipinski definition) is 1. The number of rotatable bonds is 4. The zero-order valence-electron chi connectivity index (χ0n) is 11.4. The summed E-state index contributed by atoms with van der Waals surface area (Å²) in [5.41, 5.74) is 4.36. The maximum Gasteiger partial charge on any atom is 0.123 e. The number of aliphatic hydroxyl groups is 1. The third-order valence-electron chi connectivity index (χ3n) is 3.11. The highest BCUT2D eigenvalue weighted by Gasteiger charge is 2.08. The highest BCUT2D eigenvalue weighted by atomic mass is 19.1. The predicted octanol–water partition coefficient (Wildman–Crippen LogP) is 3.59. The summed E-state index contributed by atoms with van der Waals surface area (Å²) in [6.45, 7) is 4.10. The minimum atomic E-state index is -0.483. The zero-order valence-corrected chi connectivity index (χ0v) is 11.4. The lowest BCUT2D eigenvalue weighted by molar-refractivity contribution is 0.175. The average Bonchev–Trinajstić information content (AvgIpc) is 2.26. The summed E-state index contributed by atoms with van der Waals surface area (Å²) in [7, 11) is 0. The lowest BCUT2D eigenvalue weighted by Crippen LogP contribution is -2.14. The van der Waals surface area contributed by atoms with Gasteiger partial charge in [0.25, 0.3) is 0 Å². The van der Waals surface area contributed by atoms with Gasteiger partial charge in [0.05, 0.1) is 6.10 Å². The Morgan fingerprint density at radius 3 is 2.21 bits per heavy atom. The fourth-order valence-electron chi connectivity index (χ4n) is 2.47. The molecule has 100 valence electrons. The molecule has 0 aromatic heterocycles. The van der Waals surface area contributed by atoms with Gasteiger partial charge >= 0.3 is 0 Å². The summed E-state index contributed by atoms with van der Waals surface area (Å²) >= 11 is 0. The molecule has 19 heavy (non-hydrogen) atoms. The molecular formula is C17H19FO. The van der Waals surface area contributed by atoms with Gasteiger partial charge in [-0.2, -0.15) is 0 Å². The molecule has 0 amide bonds.